The molecule has 1 amide bonds. The van der Waals surface area contributed by atoms with Crippen LogP contribution in [0.4, 0.5) is 5.69 Å². The SMILES string of the molecule is CN1CCc2c(-c3ccc(S(=O)(=O)N(C)C)cc3)cc3c(c2C1)NC(=O)C3=NOCCO. The third-order valence-corrected chi connectivity index (χ3v) is 7.54. The van der Waals surface area contributed by atoms with Crippen molar-refractivity contribution < 1.29 is 23.2 Å². The number of aliphatic hydroxyl groups excluding tert-OH is 1. The van der Waals surface area contributed by atoms with Crippen LogP contribution in [0.15, 0.2) is 40.4 Å². The van der Waals surface area contributed by atoms with Gasteiger partial charge in [-0.3, -0.25) is 4.79 Å². The lowest BCUT2D eigenvalue weighted by atomic mass is 9.87. The first-order valence-electron chi connectivity index (χ1n) is 10.3. The highest BCUT2D eigenvalue weighted by Crippen LogP contribution is 2.40. The van der Waals surface area contributed by atoms with Gasteiger partial charge in [0.2, 0.25) is 10.0 Å². The second-order valence-electron chi connectivity index (χ2n) is 8.05. The van der Waals surface area contributed by atoms with Crippen molar-refractivity contribution in [2.75, 3.05) is 46.2 Å². The quantitative estimate of drug-likeness (QED) is 0.498. The van der Waals surface area contributed by atoms with Crippen molar-refractivity contribution in [3.05, 3.63) is 47.0 Å². The van der Waals surface area contributed by atoms with Crippen LogP contribution in [-0.2, 0) is 32.6 Å². The molecule has 2 N–H and O–H groups in total. The second kappa shape index (κ2) is 8.62. The summed E-state index contributed by atoms with van der Waals surface area (Å²) in [4.78, 5) is 20.1. The van der Waals surface area contributed by atoms with E-state index in [9.17, 15) is 13.2 Å². The molecule has 0 saturated carbocycles. The predicted octanol–water partition coefficient (Wildman–Crippen LogP) is 1.26. The van der Waals surface area contributed by atoms with E-state index in [1.165, 1.54) is 18.4 Å². The number of likely N-dealkylation sites (N-methyl/N-ethyl adjacent to an activating group) is 1. The molecule has 0 saturated heterocycles. The van der Waals surface area contributed by atoms with Gasteiger partial charge in [0.25, 0.3) is 5.91 Å². The van der Waals surface area contributed by atoms with Crippen LogP contribution in [-0.4, -0.2) is 75.2 Å². The van der Waals surface area contributed by atoms with Crippen molar-refractivity contribution in [2.45, 2.75) is 17.9 Å². The average molecular weight is 459 g/mol. The van der Waals surface area contributed by atoms with Gasteiger partial charge in [0.15, 0.2) is 5.71 Å². The van der Waals surface area contributed by atoms with Crippen molar-refractivity contribution in [1.29, 1.82) is 0 Å². The van der Waals surface area contributed by atoms with Gasteiger partial charge in [0.05, 0.1) is 17.2 Å². The third kappa shape index (κ3) is 3.90. The van der Waals surface area contributed by atoms with Gasteiger partial charge in [0, 0.05) is 32.7 Å². The Morgan fingerprint density at radius 2 is 1.91 bits per heavy atom. The van der Waals surface area contributed by atoms with Gasteiger partial charge >= 0.3 is 0 Å². The number of benzene rings is 2. The van der Waals surface area contributed by atoms with E-state index in [2.05, 4.69) is 15.4 Å². The number of amides is 1. The molecule has 0 fully saturated rings. The molecule has 2 aromatic carbocycles. The van der Waals surface area contributed by atoms with Crippen LogP contribution in [0.1, 0.15) is 16.7 Å². The molecule has 4 rings (SSSR count). The molecule has 0 unspecified atom stereocenters. The second-order valence-corrected chi connectivity index (χ2v) is 10.2. The number of nitrogens with one attached hydrogen (secondary N) is 1. The van der Waals surface area contributed by atoms with Crippen molar-refractivity contribution in [3.8, 4) is 11.1 Å². The molecule has 2 aliphatic rings. The number of rotatable bonds is 6. The Hall–Kier alpha value is -2.79. The number of carbonyl (C=O) groups is 1. The lowest BCUT2D eigenvalue weighted by molar-refractivity contribution is -0.110. The molecule has 0 atom stereocenters. The fraction of sp³-hybridized carbons (Fsp3) is 0.364. The summed E-state index contributed by atoms with van der Waals surface area (Å²) in [6, 6.07) is 8.69. The van der Waals surface area contributed by atoms with Crippen LogP contribution < -0.4 is 5.32 Å². The highest BCUT2D eigenvalue weighted by molar-refractivity contribution is 7.89. The highest BCUT2D eigenvalue weighted by Gasteiger charge is 2.33. The summed E-state index contributed by atoms with van der Waals surface area (Å²) in [6.45, 7) is 1.34. The molecule has 32 heavy (non-hydrogen) atoms. The Labute approximate surface area is 187 Å². The van der Waals surface area contributed by atoms with Crippen molar-refractivity contribution in [3.63, 3.8) is 0 Å². The minimum atomic E-state index is -3.52. The molecular formula is C22H26N4O5S. The Kier molecular flexibility index (Phi) is 6.04. The van der Waals surface area contributed by atoms with Crippen LogP contribution >= 0.6 is 0 Å². The molecule has 0 aliphatic carbocycles. The van der Waals surface area contributed by atoms with Gasteiger partial charge in [0.1, 0.15) is 6.61 Å². The number of anilines is 1. The average Bonchev–Trinajstić information content (AvgIpc) is 3.09. The third-order valence-electron chi connectivity index (χ3n) is 5.71. The number of sulfonamides is 1. The minimum absolute atomic E-state index is 0.00550. The maximum absolute atomic E-state index is 12.6. The Balaban J connectivity index is 1.84. The molecule has 0 radical (unpaired) electrons. The topological polar surface area (TPSA) is 112 Å². The summed E-state index contributed by atoms with van der Waals surface area (Å²) >= 11 is 0. The van der Waals surface area contributed by atoms with Crippen LogP contribution in [0, 0.1) is 0 Å². The van der Waals surface area contributed by atoms with Gasteiger partial charge in [-0.1, -0.05) is 17.3 Å². The number of oxime groups is 1. The molecule has 10 heteroatoms. The van der Waals surface area contributed by atoms with Crippen molar-refractivity contribution in [1.82, 2.24) is 9.21 Å². The Morgan fingerprint density at radius 1 is 1.19 bits per heavy atom. The number of hydrogen-bond acceptors (Lipinski definition) is 7. The van der Waals surface area contributed by atoms with Gasteiger partial charge in [-0.2, -0.15) is 0 Å². The molecule has 2 heterocycles. The first-order chi connectivity index (χ1) is 15.2. The monoisotopic (exact) mass is 458 g/mol. The molecule has 2 aliphatic heterocycles. The maximum atomic E-state index is 12.6. The summed E-state index contributed by atoms with van der Waals surface area (Å²) in [5.74, 6) is -0.349. The fourth-order valence-corrected chi connectivity index (χ4v) is 4.93. The zero-order chi connectivity index (χ0) is 23.0. The van der Waals surface area contributed by atoms with Gasteiger partial charge in [-0.05, 0) is 53.9 Å². The number of fused-ring (bicyclic) bond motifs is 3. The Bertz CT molecular complexity index is 1190. The van der Waals surface area contributed by atoms with Gasteiger partial charge in [-0.15, -0.1) is 0 Å². The molecule has 2 aromatic rings. The van der Waals surface area contributed by atoms with Crippen LogP contribution in [0.5, 0.6) is 0 Å². The summed E-state index contributed by atoms with van der Waals surface area (Å²) in [5.41, 5.74) is 5.49. The highest BCUT2D eigenvalue weighted by atomic mass is 32.2. The normalized spacial score (nSPS) is 17.4. The van der Waals surface area contributed by atoms with E-state index >= 15 is 0 Å². The number of hydrogen-bond donors (Lipinski definition) is 2. The van der Waals surface area contributed by atoms with E-state index < -0.39 is 10.0 Å². The van der Waals surface area contributed by atoms with Crippen LogP contribution in [0.3, 0.4) is 0 Å². The number of carbonyl (C=O) groups excluding carboxylic acids is 1. The number of aliphatic hydroxyl groups is 1. The first-order valence-corrected chi connectivity index (χ1v) is 11.7. The molecule has 9 nitrogen and oxygen atoms in total. The van der Waals surface area contributed by atoms with Crippen molar-refractivity contribution >= 4 is 27.3 Å². The molecular weight excluding hydrogens is 432 g/mol. The lowest BCUT2D eigenvalue weighted by Gasteiger charge is -2.29. The maximum Gasteiger partial charge on any atom is 0.278 e. The van der Waals surface area contributed by atoms with E-state index in [0.717, 1.165) is 40.9 Å². The molecule has 0 bridgehead atoms. The first kappa shape index (κ1) is 22.4. The van der Waals surface area contributed by atoms with E-state index in [1.807, 2.05) is 13.1 Å². The van der Waals surface area contributed by atoms with E-state index in [4.69, 9.17) is 9.94 Å². The smallest absolute Gasteiger partial charge is 0.278 e. The minimum Gasteiger partial charge on any atom is -0.393 e. The van der Waals surface area contributed by atoms with Crippen LogP contribution in [0.2, 0.25) is 0 Å². The van der Waals surface area contributed by atoms with Gasteiger partial charge < -0.3 is 20.2 Å². The van der Waals surface area contributed by atoms with Crippen molar-refractivity contribution in [2.24, 2.45) is 5.16 Å². The van der Waals surface area contributed by atoms with Crippen LogP contribution in [0.25, 0.3) is 11.1 Å². The lowest BCUT2D eigenvalue weighted by Crippen LogP contribution is -2.27. The molecule has 0 aromatic heterocycles. The predicted molar refractivity (Wildman–Crippen MR) is 121 cm³/mol. The Morgan fingerprint density at radius 3 is 2.56 bits per heavy atom. The molecule has 170 valence electrons. The zero-order valence-electron chi connectivity index (χ0n) is 18.3. The largest absolute Gasteiger partial charge is 0.393 e. The summed E-state index contributed by atoms with van der Waals surface area (Å²) in [7, 11) is 1.50. The van der Waals surface area contributed by atoms with E-state index in [0.29, 0.717) is 12.1 Å². The standard InChI is InChI=1S/C22H26N4O5S/c1-25(2)32(29,30)15-6-4-14(5-7-15)17-12-18-20(19-13-26(3)9-8-16(17)19)23-22(28)21(18)24-31-11-10-27/h4-7,12,27H,8-11,13H2,1-3H3,(H,23,24,28). The van der Waals surface area contributed by atoms with Gasteiger partial charge in [-0.25, -0.2) is 12.7 Å². The summed E-state index contributed by atoms with van der Waals surface area (Å²) in [5, 5.41) is 15.8. The molecule has 0 spiro atoms. The summed E-state index contributed by atoms with van der Waals surface area (Å²) < 4.78 is 26.0. The summed E-state index contributed by atoms with van der Waals surface area (Å²) in [6.07, 6.45) is 0.801. The fourth-order valence-electron chi connectivity index (χ4n) is 4.03. The zero-order valence-corrected chi connectivity index (χ0v) is 19.1. The number of nitrogens with zero attached hydrogens (tertiary/aromatic N) is 3. The van der Waals surface area contributed by atoms with E-state index in [-0.39, 0.29) is 29.7 Å². The van der Waals surface area contributed by atoms with E-state index in [1.54, 1.807) is 24.3 Å².